The first-order chi connectivity index (χ1) is 16.3. The van der Waals surface area contributed by atoms with Gasteiger partial charge in [-0.05, 0) is 25.7 Å². The first-order valence-electron chi connectivity index (χ1n) is 15.8. The molecule has 2 nitrogen and oxygen atoms in total. The van der Waals surface area contributed by atoms with Gasteiger partial charge in [-0.3, -0.25) is 0 Å². The van der Waals surface area contributed by atoms with Crippen LogP contribution in [-0.2, 0) is 0 Å². The summed E-state index contributed by atoms with van der Waals surface area (Å²) in [5.41, 5.74) is 1.25. The van der Waals surface area contributed by atoms with E-state index in [0.717, 1.165) is 12.8 Å². The molecule has 33 heavy (non-hydrogen) atoms. The number of unbranched alkanes of at least 4 members (excludes halogenated alkanes) is 24. The van der Waals surface area contributed by atoms with Crippen LogP contribution in [-0.4, -0.2) is 6.04 Å². The molecule has 0 spiro atoms. The number of nitrogens with two attached hydrogens (primary N) is 1. The molecule has 0 aromatic heterocycles. The van der Waals surface area contributed by atoms with Crippen molar-refractivity contribution in [3.05, 3.63) is 5.21 Å². The highest BCUT2D eigenvalue weighted by Crippen LogP contribution is 2.16. The van der Waals surface area contributed by atoms with Gasteiger partial charge in [0.05, 0.1) is 6.04 Å². The summed E-state index contributed by atoms with van der Waals surface area (Å²) in [6, 6.07) is 0.338. The minimum absolute atomic E-state index is 0.338. The normalized spacial score (nSPS) is 11.6. The Balaban J connectivity index is 3.26. The SMILES string of the molecule is CCCCCCCCCCCCCCCC(CCCCCCCCCCCCCCC)[NH2+][O-]. The molecule has 200 valence electrons. The van der Waals surface area contributed by atoms with Gasteiger partial charge in [-0.25, -0.2) is 0 Å². The lowest BCUT2D eigenvalue weighted by Gasteiger charge is -2.17. The molecule has 2 N–H and O–H groups in total. The van der Waals surface area contributed by atoms with E-state index in [0.29, 0.717) is 6.04 Å². The van der Waals surface area contributed by atoms with E-state index in [-0.39, 0.29) is 0 Å². The molecule has 0 atom stereocenters. The molecule has 0 bridgehead atoms. The summed E-state index contributed by atoms with van der Waals surface area (Å²) >= 11 is 0. The molecule has 0 aliphatic heterocycles. The largest absolute Gasteiger partial charge is 0.636 e. The molecule has 0 saturated heterocycles. The van der Waals surface area contributed by atoms with E-state index in [9.17, 15) is 5.21 Å². The zero-order valence-electron chi connectivity index (χ0n) is 23.4. The minimum Gasteiger partial charge on any atom is -0.636 e. The van der Waals surface area contributed by atoms with E-state index in [4.69, 9.17) is 0 Å². The Bertz CT molecular complexity index is 303. The Kier molecular flexibility index (Phi) is 29.9. The Morgan fingerprint density at radius 2 is 0.576 bits per heavy atom. The molecule has 0 amide bonds. The van der Waals surface area contributed by atoms with Crippen LogP contribution in [0.1, 0.15) is 194 Å². The van der Waals surface area contributed by atoms with Gasteiger partial charge < -0.3 is 10.7 Å². The van der Waals surface area contributed by atoms with Crippen molar-refractivity contribution >= 4 is 0 Å². The standard InChI is InChI=1S/C31H65NO/c1-3-5-7-9-11-13-15-17-19-21-23-25-27-29-31(32-33)30-28-26-24-22-20-18-16-14-12-10-8-6-4-2/h31H,3-30,32H2,1-2H3. The van der Waals surface area contributed by atoms with E-state index >= 15 is 0 Å². The fourth-order valence-electron chi connectivity index (χ4n) is 5.13. The summed E-state index contributed by atoms with van der Waals surface area (Å²) in [5, 5.41) is 11.4. The van der Waals surface area contributed by atoms with E-state index in [1.807, 2.05) is 0 Å². The Morgan fingerprint density at radius 1 is 0.364 bits per heavy atom. The number of rotatable bonds is 29. The van der Waals surface area contributed by atoms with Gasteiger partial charge in [-0.15, -0.1) is 0 Å². The Hall–Kier alpha value is -0.0800. The quantitative estimate of drug-likeness (QED) is 0.0862. The van der Waals surface area contributed by atoms with Crippen molar-refractivity contribution in [3.8, 4) is 0 Å². The third-order valence-electron chi connectivity index (χ3n) is 7.55. The topological polar surface area (TPSA) is 39.7 Å². The lowest BCUT2D eigenvalue weighted by atomic mass is 10.00. The van der Waals surface area contributed by atoms with Crippen molar-refractivity contribution < 1.29 is 5.48 Å². The van der Waals surface area contributed by atoms with Crippen LogP contribution in [0.4, 0.5) is 0 Å². The fraction of sp³-hybridized carbons (Fsp3) is 1.00. The van der Waals surface area contributed by atoms with Gasteiger partial charge in [0.2, 0.25) is 0 Å². The maximum atomic E-state index is 11.4. The highest BCUT2D eigenvalue weighted by molar-refractivity contribution is 4.58. The molecule has 0 fully saturated rings. The molecule has 2 heteroatoms. The van der Waals surface area contributed by atoms with Crippen LogP contribution >= 0.6 is 0 Å². The van der Waals surface area contributed by atoms with Crippen molar-refractivity contribution in [1.82, 2.24) is 0 Å². The Labute approximate surface area is 210 Å². The van der Waals surface area contributed by atoms with Gasteiger partial charge >= 0.3 is 0 Å². The third-order valence-corrected chi connectivity index (χ3v) is 7.55. The molecule has 0 unspecified atom stereocenters. The van der Waals surface area contributed by atoms with E-state index in [2.05, 4.69) is 13.8 Å². The predicted molar refractivity (Wildman–Crippen MR) is 150 cm³/mol. The molecule has 0 aliphatic carbocycles. The number of hydrogen-bond donors (Lipinski definition) is 1. The number of quaternary nitrogens is 1. The van der Waals surface area contributed by atoms with Gasteiger partial charge in [0, 0.05) is 0 Å². The summed E-state index contributed by atoms with van der Waals surface area (Å²) in [4.78, 5) is 0. The number of hydroxylamine groups is 1. The van der Waals surface area contributed by atoms with Gasteiger partial charge in [0.25, 0.3) is 0 Å². The predicted octanol–water partition coefficient (Wildman–Crippen LogP) is 10.4. The van der Waals surface area contributed by atoms with Crippen molar-refractivity contribution in [1.29, 1.82) is 0 Å². The summed E-state index contributed by atoms with van der Waals surface area (Å²) in [6.07, 6.45) is 38.8. The molecular formula is C31H65NO. The average Bonchev–Trinajstić information content (AvgIpc) is 2.83. The fourth-order valence-corrected chi connectivity index (χ4v) is 5.13. The molecule has 0 radical (unpaired) electrons. The highest BCUT2D eigenvalue weighted by Gasteiger charge is 2.07. The van der Waals surface area contributed by atoms with Crippen molar-refractivity contribution in [2.75, 3.05) is 0 Å². The van der Waals surface area contributed by atoms with Crippen molar-refractivity contribution in [2.45, 2.75) is 200 Å². The molecule has 0 rings (SSSR count). The average molecular weight is 468 g/mol. The van der Waals surface area contributed by atoms with Crippen LogP contribution in [0.3, 0.4) is 0 Å². The minimum atomic E-state index is 0.338. The molecule has 0 saturated carbocycles. The Morgan fingerprint density at radius 3 is 0.788 bits per heavy atom. The van der Waals surface area contributed by atoms with E-state index in [1.54, 1.807) is 0 Å². The lowest BCUT2D eigenvalue weighted by molar-refractivity contribution is -0.629. The third kappa shape index (κ3) is 28.0. The summed E-state index contributed by atoms with van der Waals surface area (Å²) in [7, 11) is 0. The highest BCUT2D eigenvalue weighted by atomic mass is 16.5. The molecule has 0 heterocycles. The van der Waals surface area contributed by atoms with E-state index in [1.165, 1.54) is 172 Å². The summed E-state index contributed by atoms with van der Waals surface area (Å²) < 4.78 is 0. The zero-order valence-corrected chi connectivity index (χ0v) is 23.4. The van der Waals surface area contributed by atoms with Gasteiger partial charge in [-0.1, -0.05) is 168 Å². The van der Waals surface area contributed by atoms with Gasteiger partial charge in [0.1, 0.15) is 0 Å². The van der Waals surface area contributed by atoms with Crippen LogP contribution in [0.5, 0.6) is 0 Å². The lowest BCUT2D eigenvalue weighted by Crippen LogP contribution is -2.84. The van der Waals surface area contributed by atoms with Crippen LogP contribution < -0.4 is 5.48 Å². The zero-order chi connectivity index (χ0) is 24.1. The molecule has 0 aromatic carbocycles. The van der Waals surface area contributed by atoms with Crippen LogP contribution in [0, 0.1) is 5.21 Å². The second kappa shape index (κ2) is 30.0. The summed E-state index contributed by atoms with van der Waals surface area (Å²) in [6.45, 7) is 4.58. The maximum Gasteiger partial charge on any atom is 0.0856 e. The van der Waals surface area contributed by atoms with Crippen LogP contribution in [0.25, 0.3) is 0 Å². The summed E-state index contributed by atoms with van der Waals surface area (Å²) in [5.74, 6) is 0. The van der Waals surface area contributed by atoms with Crippen LogP contribution in [0.15, 0.2) is 0 Å². The van der Waals surface area contributed by atoms with Crippen LogP contribution in [0.2, 0.25) is 0 Å². The monoisotopic (exact) mass is 468 g/mol. The molecule has 0 aromatic rings. The molecular weight excluding hydrogens is 402 g/mol. The first kappa shape index (κ1) is 32.9. The second-order valence-corrected chi connectivity index (χ2v) is 11.0. The first-order valence-corrected chi connectivity index (χ1v) is 15.8. The maximum absolute atomic E-state index is 11.4. The second-order valence-electron chi connectivity index (χ2n) is 11.0. The van der Waals surface area contributed by atoms with Gasteiger partial charge in [0.15, 0.2) is 0 Å². The van der Waals surface area contributed by atoms with Crippen molar-refractivity contribution in [2.24, 2.45) is 0 Å². The smallest absolute Gasteiger partial charge is 0.0856 e. The molecule has 0 aliphatic rings. The van der Waals surface area contributed by atoms with Crippen molar-refractivity contribution in [3.63, 3.8) is 0 Å². The van der Waals surface area contributed by atoms with E-state index < -0.39 is 0 Å². The number of hydrogen-bond acceptors (Lipinski definition) is 1. The van der Waals surface area contributed by atoms with Gasteiger partial charge in [-0.2, -0.15) is 0 Å².